The molecule has 144 valence electrons. The van der Waals surface area contributed by atoms with Crippen LogP contribution < -0.4 is 5.32 Å². The van der Waals surface area contributed by atoms with Gasteiger partial charge in [0.2, 0.25) is 5.91 Å². The maximum Gasteiger partial charge on any atom is 0.333 e. The van der Waals surface area contributed by atoms with Gasteiger partial charge in [-0.3, -0.25) is 19.3 Å². The molecule has 0 aromatic heterocycles. The zero-order valence-corrected chi connectivity index (χ0v) is 15.4. The van der Waals surface area contributed by atoms with Crippen LogP contribution in [-0.4, -0.2) is 42.2 Å². The van der Waals surface area contributed by atoms with Crippen LogP contribution in [0.15, 0.2) is 54.6 Å². The van der Waals surface area contributed by atoms with Crippen molar-refractivity contribution < 1.29 is 23.9 Å². The Morgan fingerprint density at radius 1 is 0.964 bits per heavy atom. The fourth-order valence-electron chi connectivity index (χ4n) is 3.11. The fourth-order valence-corrected chi connectivity index (χ4v) is 3.11. The van der Waals surface area contributed by atoms with Crippen molar-refractivity contribution in [3.05, 3.63) is 71.3 Å². The molecule has 0 saturated carbocycles. The summed E-state index contributed by atoms with van der Waals surface area (Å²) in [5.74, 6) is -1.63. The highest BCUT2D eigenvalue weighted by molar-refractivity contribution is 6.21. The molecule has 0 spiro atoms. The summed E-state index contributed by atoms with van der Waals surface area (Å²) in [4.78, 5) is 50.1. The average Bonchev–Trinajstić information content (AvgIpc) is 2.97. The normalized spacial score (nSPS) is 13.8. The second-order valence-corrected chi connectivity index (χ2v) is 6.35. The minimum atomic E-state index is -0.905. The Morgan fingerprint density at radius 3 is 2.11 bits per heavy atom. The number of rotatable bonds is 7. The maximum absolute atomic E-state index is 12.3. The summed E-state index contributed by atoms with van der Waals surface area (Å²) in [7, 11) is 1.26. The molecule has 1 unspecified atom stereocenters. The number of esters is 1. The Morgan fingerprint density at radius 2 is 1.54 bits per heavy atom. The Labute approximate surface area is 162 Å². The Hall–Kier alpha value is -3.48. The zero-order chi connectivity index (χ0) is 20.1. The average molecular weight is 380 g/mol. The molecule has 7 nitrogen and oxygen atoms in total. The monoisotopic (exact) mass is 380 g/mol. The van der Waals surface area contributed by atoms with E-state index in [1.54, 1.807) is 48.5 Å². The number of hydrogen-bond acceptors (Lipinski definition) is 5. The third kappa shape index (κ3) is 3.93. The van der Waals surface area contributed by atoms with Crippen LogP contribution in [0.5, 0.6) is 0 Å². The lowest BCUT2D eigenvalue weighted by Crippen LogP contribution is -2.35. The van der Waals surface area contributed by atoms with Crippen LogP contribution in [0.25, 0.3) is 0 Å². The Balaban J connectivity index is 1.56. The first-order valence-corrected chi connectivity index (χ1v) is 8.90. The summed E-state index contributed by atoms with van der Waals surface area (Å²) in [6.07, 6.45) is 0.355. The van der Waals surface area contributed by atoms with Crippen molar-refractivity contribution in [2.45, 2.75) is 18.9 Å². The van der Waals surface area contributed by atoms with Gasteiger partial charge in [-0.25, -0.2) is 4.79 Å². The van der Waals surface area contributed by atoms with E-state index in [4.69, 9.17) is 4.74 Å². The van der Waals surface area contributed by atoms with Gasteiger partial charge in [0.25, 0.3) is 11.8 Å². The SMILES string of the molecule is COC(=O)C(NC(=O)CCCN1C(=O)c2ccccc2C1=O)c1ccccc1. The van der Waals surface area contributed by atoms with E-state index < -0.39 is 12.0 Å². The minimum absolute atomic E-state index is 0.0632. The van der Waals surface area contributed by atoms with Gasteiger partial charge in [0.15, 0.2) is 6.04 Å². The lowest BCUT2D eigenvalue weighted by atomic mass is 10.1. The number of amides is 3. The molecule has 1 aliphatic heterocycles. The predicted octanol–water partition coefficient (Wildman–Crippen LogP) is 2.09. The number of hydrogen-bond donors (Lipinski definition) is 1. The standard InChI is InChI=1S/C21H20N2O5/c1-28-21(27)18(14-8-3-2-4-9-14)22-17(24)12-7-13-23-19(25)15-10-5-6-11-16(15)20(23)26/h2-6,8-11,18H,7,12-13H2,1H3,(H,22,24). The van der Waals surface area contributed by atoms with Crippen molar-refractivity contribution in [1.29, 1.82) is 0 Å². The van der Waals surface area contributed by atoms with Crippen LogP contribution in [0.4, 0.5) is 0 Å². The number of carbonyl (C=O) groups is 4. The molecule has 1 atom stereocenters. The topological polar surface area (TPSA) is 92.8 Å². The number of ether oxygens (including phenoxy) is 1. The van der Waals surface area contributed by atoms with Gasteiger partial charge in [0.05, 0.1) is 18.2 Å². The molecule has 0 saturated heterocycles. The highest BCUT2D eigenvalue weighted by Gasteiger charge is 2.34. The van der Waals surface area contributed by atoms with E-state index in [-0.39, 0.29) is 30.7 Å². The summed E-state index contributed by atoms with van der Waals surface area (Å²) in [5.41, 5.74) is 1.38. The van der Waals surface area contributed by atoms with Crippen LogP contribution >= 0.6 is 0 Å². The van der Waals surface area contributed by atoms with Gasteiger partial charge in [-0.05, 0) is 24.1 Å². The molecule has 0 bridgehead atoms. The third-order valence-electron chi connectivity index (χ3n) is 4.54. The van der Waals surface area contributed by atoms with Crippen LogP contribution in [0.3, 0.4) is 0 Å². The van der Waals surface area contributed by atoms with Gasteiger partial charge >= 0.3 is 5.97 Å². The molecule has 0 fully saturated rings. The summed E-state index contributed by atoms with van der Waals surface area (Å²) in [6, 6.07) is 14.5. The number of imide groups is 1. The van der Waals surface area contributed by atoms with E-state index in [9.17, 15) is 19.2 Å². The van der Waals surface area contributed by atoms with Gasteiger partial charge in [0.1, 0.15) is 0 Å². The molecule has 1 aliphatic rings. The van der Waals surface area contributed by atoms with Gasteiger partial charge in [-0.1, -0.05) is 42.5 Å². The molecule has 2 aromatic rings. The van der Waals surface area contributed by atoms with Crippen LogP contribution in [0.1, 0.15) is 45.2 Å². The molecule has 3 amide bonds. The number of nitrogens with zero attached hydrogens (tertiary/aromatic N) is 1. The second kappa shape index (κ2) is 8.47. The molecular weight excluding hydrogens is 360 g/mol. The van der Waals surface area contributed by atoms with Crippen molar-refractivity contribution in [3.8, 4) is 0 Å². The lowest BCUT2D eigenvalue weighted by Gasteiger charge is -2.17. The van der Waals surface area contributed by atoms with Crippen molar-refractivity contribution >= 4 is 23.7 Å². The quantitative estimate of drug-likeness (QED) is 0.587. The largest absolute Gasteiger partial charge is 0.467 e. The fraction of sp³-hybridized carbons (Fsp3) is 0.238. The van der Waals surface area contributed by atoms with Crippen LogP contribution in [0.2, 0.25) is 0 Å². The Bertz CT molecular complexity index is 875. The zero-order valence-electron chi connectivity index (χ0n) is 15.4. The van der Waals surface area contributed by atoms with E-state index in [2.05, 4.69) is 5.32 Å². The number of benzene rings is 2. The van der Waals surface area contributed by atoms with E-state index in [0.717, 1.165) is 4.90 Å². The summed E-state index contributed by atoms with van der Waals surface area (Å²) in [6.45, 7) is 0.133. The molecular formula is C21H20N2O5. The molecule has 3 rings (SSSR count). The van der Waals surface area contributed by atoms with Crippen LogP contribution in [0, 0.1) is 0 Å². The highest BCUT2D eigenvalue weighted by Crippen LogP contribution is 2.22. The van der Waals surface area contributed by atoms with Crippen LogP contribution in [-0.2, 0) is 14.3 Å². The Kier molecular flexibility index (Phi) is 5.84. The summed E-state index contributed by atoms with van der Waals surface area (Å²) >= 11 is 0. The smallest absolute Gasteiger partial charge is 0.333 e. The van der Waals surface area contributed by atoms with Gasteiger partial charge in [-0.2, -0.15) is 0 Å². The van der Waals surface area contributed by atoms with Crippen molar-refractivity contribution in [2.24, 2.45) is 0 Å². The van der Waals surface area contributed by atoms with E-state index in [1.807, 2.05) is 6.07 Å². The highest BCUT2D eigenvalue weighted by atomic mass is 16.5. The first-order chi connectivity index (χ1) is 13.5. The van der Waals surface area contributed by atoms with E-state index in [0.29, 0.717) is 23.1 Å². The maximum atomic E-state index is 12.3. The second-order valence-electron chi connectivity index (χ2n) is 6.35. The molecule has 28 heavy (non-hydrogen) atoms. The van der Waals surface area contributed by atoms with Crippen molar-refractivity contribution in [1.82, 2.24) is 10.2 Å². The van der Waals surface area contributed by atoms with Crippen molar-refractivity contribution in [2.75, 3.05) is 13.7 Å². The van der Waals surface area contributed by atoms with Gasteiger partial charge in [-0.15, -0.1) is 0 Å². The minimum Gasteiger partial charge on any atom is -0.467 e. The molecule has 1 N–H and O–H groups in total. The summed E-state index contributed by atoms with van der Waals surface area (Å²) < 4.78 is 4.77. The lowest BCUT2D eigenvalue weighted by molar-refractivity contribution is -0.145. The number of nitrogens with one attached hydrogen (secondary N) is 1. The molecule has 1 heterocycles. The van der Waals surface area contributed by atoms with Gasteiger partial charge < -0.3 is 10.1 Å². The van der Waals surface area contributed by atoms with Gasteiger partial charge in [0, 0.05) is 13.0 Å². The molecule has 2 aromatic carbocycles. The van der Waals surface area contributed by atoms with Crippen molar-refractivity contribution in [3.63, 3.8) is 0 Å². The number of methoxy groups -OCH3 is 1. The predicted molar refractivity (Wildman–Crippen MR) is 100 cm³/mol. The van der Waals surface area contributed by atoms with E-state index >= 15 is 0 Å². The van der Waals surface area contributed by atoms with E-state index in [1.165, 1.54) is 7.11 Å². The number of carbonyl (C=O) groups excluding carboxylic acids is 4. The first-order valence-electron chi connectivity index (χ1n) is 8.90. The first kappa shape index (κ1) is 19.3. The molecule has 0 radical (unpaired) electrons. The number of fused-ring (bicyclic) bond motifs is 1. The molecule has 0 aliphatic carbocycles. The molecule has 7 heteroatoms. The summed E-state index contributed by atoms with van der Waals surface area (Å²) in [5, 5.41) is 2.65. The third-order valence-corrected chi connectivity index (χ3v) is 4.54.